The van der Waals surface area contributed by atoms with Gasteiger partial charge in [0.15, 0.2) is 5.65 Å². The van der Waals surface area contributed by atoms with Gasteiger partial charge in [0, 0.05) is 24.2 Å². The van der Waals surface area contributed by atoms with Gasteiger partial charge in [-0.05, 0) is 37.1 Å². The van der Waals surface area contributed by atoms with E-state index in [4.69, 9.17) is 10.8 Å². The lowest BCUT2D eigenvalue weighted by Gasteiger charge is -2.23. The highest BCUT2D eigenvalue weighted by atomic mass is 35.5. The molecular weight excluding hydrogens is 438 g/mol. The number of carbonyl (C=O) groups excluding carboxylic acids is 1. The highest BCUT2D eigenvalue weighted by molar-refractivity contribution is 6.00. The normalized spacial score (nSPS) is 15.7. The minimum atomic E-state index is -0.139. The van der Waals surface area contributed by atoms with E-state index in [2.05, 4.69) is 20.6 Å². The minimum Gasteiger partial charge on any atom is -0.383 e. The van der Waals surface area contributed by atoms with Crippen LogP contribution in [0, 0.1) is 0 Å². The zero-order chi connectivity index (χ0) is 21.9. The van der Waals surface area contributed by atoms with Gasteiger partial charge >= 0.3 is 0 Å². The summed E-state index contributed by atoms with van der Waals surface area (Å²) in [5, 5.41) is 12.0. The Labute approximate surface area is 198 Å². The average Bonchev–Trinajstić information content (AvgIpc) is 3.25. The molecule has 0 saturated carbocycles. The third-order valence-electron chi connectivity index (χ3n) is 5.83. The molecule has 1 fully saturated rings. The number of amides is 1. The number of halogens is 1. The van der Waals surface area contributed by atoms with E-state index in [0.717, 1.165) is 48.1 Å². The lowest BCUT2D eigenvalue weighted by Crippen LogP contribution is -2.32. The van der Waals surface area contributed by atoms with Crippen LogP contribution in [0.4, 0.5) is 5.82 Å². The second kappa shape index (κ2) is 9.97. The van der Waals surface area contributed by atoms with E-state index in [1.165, 1.54) is 6.33 Å². The molecule has 0 bridgehead atoms. The molecule has 0 unspecified atom stereocenters. The predicted molar refractivity (Wildman–Crippen MR) is 131 cm³/mol. The minimum absolute atomic E-state index is 0. The number of nitrogens with one attached hydrogen (secondary N) is 2. The Hall–Kier alpha value is -3.49. The molecule has 33 heavy (non-hydrogen) atoms. The molecule has 1 atom stereocenters. The fraction of sp³-hybridized carbons (Fsp3) is 0.250. The smallest absolute Gasteiger partial charge is 0.251 e. The van der Waals surface area contributed by atoms with E-state index in [9.17, 15) is 4.79 Å². The third-order valence-corrected chi connectivity index (χ3v) is 5.83. The monoisotopic (exact) mass is 463 g/mol. The molecule has 1 aliphatic rings. The number of carbonyl (C=O) groups is 1. The fourth-order valence-electron chi connectivity index (χ4n) is 4.18. The number of fused-ring (bicyclic) bond motifs is 1. The van der Waals surface area contributed by atoms with Crippen molar-refractivity contribution < 1.29 is 4.79 Å². The topological polar surface area (TPSA) is 111 Å². The van der Waals surface area contributed by atoms with Gasteiger partial charge in [0.25, 0.3) is 5.91 Å². The zero-order valence-corrected chi connectivity index (χ0v) is 18.9. The van der Waals surface area contributed by atoms with E-state index in [1.807, 2.05) is 53.2 Å². The average molecular weight is 464 g/mol. The first kappa shape index (κ1) is 22.7. The van der Waals surface area contributed by atoms with Crippen molar-refractivity contribution in [2.75, 3.05) is 18.8 Å². The predicted octanol–water partition coefficient (Wildman–Crippen LogP) is 3.35. The number of nitrogen functional groups attached to an aromatic ring is 1. The van der Waals surface area contributed by atoms with Crippen LogP contribution in [0.2, 0.25) is 0 Å². The van der Waals surface area contributed by atoms with Crippen LogP contribution in [-0.4, -0.2) is 38.7 Å². The Morgan fingerprint density at radius 3 is 2.79 bits per heavy atom. The SMILES string of the molecule is Cl.Nc1ncnc2c1c(-c1cccc(C(=O)NCc3ccccc3)c1)nn2[C@@H]1CCCNC1. The van der Waals surface area contributed by atoms with Crippen LogP contribution >= 0.6 is 12.4 Å². The maximum absolute atomic E-state index is 12.8. The van der Waals surface area contributed by atoms with Gasteiger partial charge < -0.3 is 16.4 Å². The molecule has 0 aliphatic carbocycles. The number of aromatic nitrogens is 4. The molecule has 1 amide bonds. The van der Waals surface area contributed by atoms with Gasteiger partial charge in [0.1, 0.15) is 17.8 Å². The molecule has 1 aliphatic heterocycles. The van der Waals surface area contributed by atoms with Crippen molar-refractivity contribution in [1.82, 2.24) is 30.4 Å². The van der Waals surface area contributed by atoms with Crippen LogP contribution in [0.3, 0.4) is 0 Å². The van der Waals surface area contributed by atoms with Gasteiger partial charge in [-0.15, -0.1) is 12.4 Å². The van der Waals surface area contributed by atoms with Crippen molar-refractivity contribution in [2.45, 2.75) is 25.4 Å². The first-order valence-electron chi connectivity index (χ1n) is 10.8. The Kier molecular flexibility index (Phi) is 6.86. The summed E-state index contributed by atoms with van der Waals surface area (Å²) in [6, 6.07) is 17.5. The third kappa shape index (κ3) is 4.67. The highest BCUT2D eigenvalue weighted by Gasteiger charge is 2.23. The van der Waals surface area contributed by atoms with Crippen LogP contribution < -0.4 is 16.4 Å². The number of nitrogens with zero attached hydrogens (tertiary/aromatic N) is 4. The summed E-state index contributed by atoms with van der Waals surface area (Å²) in [5.41, 5.74) is 10.1. The molecule has 8 nitrogen and oxygen atoms in total. The van der Waals surface area contributed by atoms with Crippen LogP contribution in [0.5, 0.6) is 0 Å². The summed E-state index contributed by atoms with van der Waals surface area (Å²) in [6.07, 6.45) is 3.58. The van der Waals surface area contributed by atoms with Crippen LogP contribution in [0.1, 0.15) is 34.8 Å². The van der Waals surface area contributed by atoms with Crippen LogP contribution in [0.15, 0.2) is 60.9 Å². The molecule has 3 heterocycles. The summed E-state index contributed by atoms with van der Waals surface area (Å²) >= 11 is 0. The molecule has 0 spiro atoms. The first-order valence-corrected chi connectivity index (χ1v) is 10.8. The van der Waals surface area contributed by atoms with Gasteiger partial charge in [-0.3, -0.25) is 4.79 Å². The number of hydrogen-bond donors (Lipinski definition) is 3. The molecule has 4 aromatic rings. The molecule has 170 valence electrons. The molecule has 4 N–H and O–H groups in total. The lowest BCUT2D eigenvalue weighted by molar-refractivity contribution is 0.0951. The maximum atomic E-state index is 12.8. The molecule has 0 radical (unpaired) electrons. The number of hydrogen-bond acceptors (Lipinski definition) is 6. The van der Waals surface area contributed by atoms with E-state index in [0.29, 0.717) is 23.6 Å². The fourth-order valence-corrected chi connectivity index (χ4v) is 4.18. The highest BCUT2D eigenvalue weighted by Crippen LogP contribution is 2.33. The van der Waals surface area contributed by atoms with E-state index >= 15 is 0 Å². The summed E-state index contributed by atoms with van der Waals surface area (Å²) in [6.45, 7) is 2.32. The molecule has 9 heteroatoms. The summed E-state index contributed by atoms with van der Waals surface area (Å²) in [5.74, 6) is 0.249. The summed E-state index contributed by atoms with van der Waals surface area (Å²) in [4.78, 5) is 21.5. The second-order valence-corrected chi connectivity index (χ2v) is 8.00. The Morgan fingerprint density at radius 2 is 2.00 bits per heavy atom. The van der Waals surface area contributed by atoms with E-state index in [-0.39, 0.29) is 24.4 Å². The number of benzene rings is 2. The number of rotatable bonds is 5. The summed E-state index contributed by atoms with van der Waals surface area (Å²) < 4.78 is 1.96. The molecule has 1 saturated heterocycles. The van der Waals surface area contributed by atoms with Crippen molar-refractivity contribution in [3.05, 3.63) is 72.1 Å². The molecule has 2 aromatic heterocycles. The van der Waals surface area contributed by atoms with Gasteiger partial charge in [0.2, 0.25) is 0 Å². The van der Waals surface area contributed by atoms with Crippen LogP contribution in [0.25, 0.3) is 22.3 Å². The largest absolute Gasteiger partial charge is 0.383 e. The Balaban J connectivity index is 0.00000259. The van der Waals surface area contributed by atoms with Gasteiger partial charge in [-0.25, -0.2) is 14.6 Å². The Bertz CT molecular complexity index is 1250. The quantitative estimate of drug-likeness (QED) is 0.418. The number of piperidine rings is 1. The maximum Gasteiger partial charge on any atom is 0.251 e. The number of nitrogens with two attached hydrogens (primary N) is 1. The van der Waals surface area contributed by atoms with Gasteiger partial charge in [-0.1, -0.05) is 42.5 Å². The van der Waals surface area contributed by atoms with Gasteiger partial charge in [-0.2, -0.15) is 5.10 Å². The van der Waals surface area contributed by atoms with Crippen molar-refractivity contribution in [1.29, 1.82) is 0 Å². The van der Waals surface area contributed by atoms with E-state index < -0.39 is 0 Å². The molecular formula is C24H26ClN7O. The second-order valence-electron chi connectivity index (χ2n) is 8.00. The molecule has 2 aromatic carbocycles. The van der Waals surface area contributed by atoms with Crippen LogP contribution in [-0.2, 0) is 6.54 Å². The molecule has 5 rings (SSSR count). The number of anilines is 1. The van der Waals surface area contributed by atoms with Crippen molar-refractivity contribution in [3.8, 4) is 11.3 Å². The summed E-state index contributed by atoms with van der Waals surface area (Å²) in [7, 11) is 0. The van der Waals surface area contributed by atoms with Gasteiger partial charge in [0.05, 0.1) is 11.4 Å². The van der Waals surface area contributed by atoms with Crippen molar-refractivity contribution in [3.63, 3.8) is 0 Å². The Morgan fingerprint density at radius 1 is 1.15 bits per heavy atom. The first-order chi connectivity index (χ1) is 15.7. The lowest BCUT2D eigenvalue weighted by atomic mass is 10.1. The van der Waals surface area contributed by atoms with Crippen molar-refractivity contribution in [2.24, 2.45) is 0 Å². The van der Waals surface area contributed by atoms with Crippen molar-refractivity contribution >= 4 is 35.2 Å². The zero-order valence-electron chi connectivity index (χ0n) is 18.1. The van der Waals surface area contributed by atoms with E-state index in [1.54, 1.807) is 6.07 Å². The standard InChI is InChI=1S/C24H25N7O.ClH/c25-22-20-21(30-31(23(20)29-15-28-22)19-10-5-11-26-14-19)17-8-4-9-18(12-17)24(32)27-13-16-6-2-1-3-7-16;/h1-4,6-9,12,15,19,26H,5,10-11,13-14H2,(H,27,32)(H2,25,28,29);1H/t19-;/m1./s1.